The Bertz CT molecular complexity index is 1190. The number of halogens is 1. The first-order valence-corrected chi connectivity index (χ1v) is 13.4. The highest BCUT2D eigenvalue weighted by molar-refractivity contribution is 5.98. The zero-order valence-electron chi connectivity index (χ0n) is 23.2. The maximum Gasteiger partial charge on any atom is 0.251 e. The van der Waals surface area contributed by atoms with Crippen molar-refractivity contribution in [2.45, 2.75) is 58.3 Å². The van der Waals surface area contributed by atoms with E-state index >= 15 is 0 Å². The molecule has 0 saturated carbocycles. The standard InChI is InChI=1S/C32H39N3O4.ClH/c1-23(2)19-29(35-31(37)27-16-13-25(20-33)14-17-27)32(38)34-28(18-15-24-9-5-3-6-10-24)30(36)22-39-21-26-11-7-4-8-12-26;/h3-14,16-17,23,28-29H,15,18-22,33H2,1-2H3,(H,34,38)(H,35,37);1H/t28-,29-;/m0./s1. The molecule has 0 heterocycles. The van der Waals surface area contributed by atoms with Crippen LogP contribution in [-0.4, -0.2) is 36.3 Å². The molecule has 40 heavy (non-hydrogen) atoms. The van der Waals surface area contributed by atoms with E-state index in [2.05, 4.69) is 10.6 Å². The van der Waals surface area contributed by atoms with Crippen molar-refractivity contribution in [2.24, 2.45) is 11.7 Å². The molecule has 2 atom stereocenters. The second-order valence-electron chi connectivity index (χ2n) is 10.1. The number of nitrogens with two attached hydrogens (primary N) is 1. The number of Topliss-reactive ketones (excluding diaryl/α,β-unsaturated/α-hetero) is 1. The lowest BCUT2D eigenvalue weighted by Gasteiger charge is -2.24. The van der Waals surface area contributed by atoms with Crippen molar-refractivity contribution >= 4 is 30.0 Å². The van der Waals surface area contributed by atoms with Gasteiger partial charge in [0, 0.05) is 12.1 Å². The quantitative estimate of drug-likeness (QED) is 0.249. The highest BCUT2D eigenvalue weighted by Gasteiger charge is 2.27. The van der Waals surface area contributed by atoms with Crippen molar-refractivity contribution in [2.75, 3.05) is 6.61 Å². The van der Waals surface area contributed by atoms with Gasteiger partial charge >= 0.3 is 0 Å². The number of hydrogen-bond donors (Lipinski definition) is 3. The van der Waals surface area contributed by atoms with Crippen LogP contribution in [0.4, 0.5) is 0 Å². The fraction of sp³-hybridized carbons (Fsp3) is 0.344. The number of ketones is 1. The molecular weight excluding hydrogens is 526 g/mol. The molecule has 0 bridgehead atoms. The SMILES string of the molecule is CC(C)C[C@H](NC(=O)c1ccc(CN)cc1)C(=O)N[C@@H](CCc1ccccc1)C(=O)COCc1ccccc1.Cl. The van der Waals surface area contributed by atoms with Gasteiger partial charge in [-0.25, -0.2) is 0 Å². The highest BCUT2D eigenvalue weighted by atomic mass is 35.5. The molecule has 0 aliphatic heterocycles. The van der Waals surface area contributed by atoms with Crippen LogP contribution in [0.25, 0.3) is 0 Å². The summed E-state index contributed by atoms with van der Waals surface area (Å²) >= 11 is 0. The van der Waals surface area contributed by atoms with Gasteiger partial charge in [0.15, 0.2) is 5.78 Å². The third-order valence-corrected chi connectivity index (χ3v) is 6.41. The molecule has 0 radical (unpaired) electrons. The third kappa shape index (κ3) is 10.9. The van der Waals surface area contributed by atoms with Crippen LogP contribution in [0, 0.1) is 5.92 Å². The van der Waals surface area contributed by atoms with Gasteiger partial charge < -0.3 is 21.1 Å². The van der Waals surface area contributed by atoms with E-state index in [1.54, 1.807) is 24.3 Å². The Balaban J connectivity index is 0.00000560. The lowest BCUT2D eigenvalue weighted by Crippen LogP contribution is -2.52. The van der Waals surface area contributed by atoms with E-state index in [0.29, 0.717) is 38.0 Å². The largest absolute Gasteiger partial charge is 0.369 e. The molecule has 3 rings (SSSR count). The molecule has 0 aliphatic carbocycles. The predicted molar refractivity (Wildman–Crippen MR) is 160 cm³/mol. The number of rotatable bonds is 15. The Morgan fingerprint density at radius 1 is 0.775 bits per heavy atom. The van der Waals surface area contributed by atoms with Gasteiger partial charge in [-0.15, -0.1) is 12.4 Å². The molecule has 3 aromatic rings. The third-order valence-electron chi connectivity index (χ3n) is 6.41. The van der Waals surface area contributed by atoms with Crippen molar-refractivity contribution < 1.29 is 19.1 Å². The van der Waals surface area contributed by atoms with Crippen molar-refractivity contribution in [3.05, 3.63) is 107 Å². The summed E-state index contributed by atoms with van der Waals surface area (Å²) in [5.41, 5.74) is 9.05. The lowest BCUT2D eigenvalue weighted by molar-refractivity contribution is -0.131. The van der Waals surface area contributed by atoms with Gasteiger partial charge in [0.25, 0.3) is 5.91 Å². The first-order valence-electron chi connectivity index (χ1n) is 13.4. The van der Waals surface area contributed by atoms with E-state index in [9.17, 15) is 14.4 Å². The molecule has 0 aromatic heterocycles. The van der Waals surface area contributed by atoms with Crippen LogP contribution in [0.15, 0.2) is 84.9 Å². The number of benzene rings is 3. The van der Waals surface area contributed by atoms with E-state index in [0.717, 1.165) is 16.7 Å². The average Bonchev–Trinajstić information content (AvgIpc) is 2.95. The van der Waals surface area contributed by atoms with Crippen LogP contribution in [0.2, 0.25) is 0 Å². The van der Waals surface area contributed by atoms with E-state index in [4.69, 9.17) is 10.5 Å². The number of aryl methyl sites for hydroxylation is 1. The molecule has 2 amide bonds. The van der Waals surface area contributed by atoms with Crippen LogP contribution < -0.4 is 16.4 Å². The fourth-order valence-corrected chi connectivity index (χ4v) is 4.22. The summed E-state index contributed by atoms with van der Waals surface area (Å²) in [5.74, 6) is -0.793. The molecule has 0 fully saturated rings. The van der Waals surface area contributed by atoms with Crippen LogP contribution in [0.5, 0.6) is 0 Å². The van der Waals surface area contributed by atoms with Crippen molar-refractivity contribution in [1.29, 1.82) is 0 Å². The summed E-state index contributed by atoms with van der Waals surface area (Å²) < 4.78 is 5.68. The summed E-state index contributed by atoms with van der Waals surface area (Å²) in [6, 6.07) is 24.9. The molecule has 7 nitrogen and oxygen atoms in total. The number of ether oxygens (including phenoxy) is 1. The second kappa shape index (κ2) is 17.2. The van der Waals surface area contributed by atoms with E-state index in [1.807, 2.05) is 74.5 Å². The Morgan fingerprint density at radius 3 is 1.95 bits per heavy atom. The number of amides is 2. The maximum atomic E-state index is 13.4. The number of carbonyl (C=O) groups is 3. The Hall–Kier alpha value is -3.52. The minimum atomic E-state index is -0.788. The number of nitrogens with one attached hydrogen (secondary N) is 2. The van der Waals surface area contributed by atoms with E-state index in [1.165, 1.54) is 0 Å². The van der Waals surface area contributed by atoms with E-state index in [-0.39, 0.29) is 42.5 Å². The minimum absolute atomic E-state index is 0. The van der Waals surface area contributed by atoms with Crippen molar-refractivity contribution in [3.63, 3.8) is 0 Å². The molecule has 0 aliphatic rings. The van der Waals surface area contributed by atoms with Gasteiger partial charge in [-0.2, -0.15) is 0 Å². The fourth-order valence-electron chi connectivity index (χ4n) is 4.22. The lowest BCUT2D eigenvalue weighted by atomic mass is 9.99. The van der Waals surface area contributed by atoms with Gasteiger partial charge in [0.1, 0.15) is 12.6 Å². The topological polar surface area (TPSA) is 111 Å². The second-order valence-corrected chi connectivity index (χ2v) is 10.1. The summed E-state index contributed by atoms with van der Waals surface area (Å²) in [6.07, 6.45) is 1.47. The van der Waals surface area contributed by atoms with Gasteiger partial charge in [-0.3, -0.25) is 14.4 Å². The molecular formula is C32H40ClN3O4. The van der Waals surface area contributed by atoms with Gasteiger partial charge in [0.05, 0.1) is 12.6 Å². The molecule has 4 N–H and O–H groups in total. The molecule has 3 aromatic carbocycles. The first kappa shape index (κ1) is 32.7. The zero-order chi connectivity index (χ0) is 28.0. The van der Waals surface area contributed by atoms with Crippen LogP contribution in [-0.2, 0) is 33.9 Å². The molecule has 0 saturated heterocycles. The van der Waals surface area contributed by atoms with Crippen molar-refractivity contribution in [1.82, 2.24) is 10.6 Å². The molecule has 0 spiro atoms. The Kier molecular flexibility index (Phi) is 14.1. The Labute approximate surface area is 243 Å². The summed E-state index contributed by atoms with van der Waals surface area (Å²) in [5, 5.41) is 5.78. The first-order chi connectivity index (χ1) is 18.9. The highest BCUT2D eigenvalue weighted by Crippen LogP contribution is 2.11. The number of carbonyl (C=O) groups excluding carboxylic acids is 3. The van der Waals surface area contributed by atoms with E-state index < -0.39 is 12.1 Å². The predicted octanol–water partition coefficient (Wildman–Crippen LogP) is 4.62. The average molecular weight is 566 g/mol. The number of hydrogen-bond acceptors (Lipinski definition) is 5. The smallest absolute Gasteiger partial charge is 0.251 e. The molecule has 0 unspecified atom stereocenters. The summed E-state index contributed by atoms with van der Waals surface area (Å²) in [4.78, 5) is 39.6. The van der Waals surface area contributed by atoms with Gasteiger partial charge in [0.2, 0.25) is 5.91 Å². The normalized spacial score (nSPS) is 12.2. The van der Waals surface area contributed by atoms with Gasteiger partial charge in [-0.1, -0.05) is 86.6 Å². The summed E-state index contributed by atoms with van der Waals surface area (Å²) in [7, 11) is 0. The van der Waals surface area contributed by atoms with Gasteiger partial charge in [-0.05, 0) is 54.0 Å². The van der Waals surface area contributed by atoms with Crippen LogP contribution in [0.1, 0.15) is 53.7 Å². The van der Waals surface area contributed by atoms with Crippen molar-refractivity contribution in [3.8, 4) is 0 Å². The Morgan fingerprint density at radius 2 is 1.38 bits per heavy atom. The minimum Gasteiger partial charge on any atom is -0.369 e. The monoisotopic (exact) mass is 565 g/mol. The summed E-state index contributed by atoms with van der Waals surface area (Å²) in [6.45, 7) is 4.54. The maximum absolute atomic E-state index is 13.4. The van der Waals surface area contributed by atoms with Crippen LogP contribution >= 0.6 is 12.4 Å². The van der Waals surface area contributed by atoms with Crippen LogP contribution in [0.3, 0.4) is 0 Å². The molecule has 8 heteroatoms. The molecule has 214 valence electrons. The zero-order valence-corrected chi connectivity index (χ0v) is 24.0.